The third-order valence-corrected chi connectivity index (χ3v) is 6.22. The molecule has 0 atom stereocenters. The molecule has 0 radical (unpaired) electrons. The van der Waals surface area contributed by atoms with Crippen molar-refractivity contribution in [1.82, 2.24) is 9.21 Å². The van der Waals surface area contributed by atoms with Crippen LogP contribution in [0.5, 0.6) is 0 Å². The van der Waals surface area contributed by atoms with Crippen molar-refractivity contribution in [3.05, 3.63) is 23.8 Å². The molecule has 118 valence electrons. The average molecular weight is 311 g/mol. The minimum Gasteiger partial charge on any atom is -0.399 e. The molecule has 2 N–H and O–H groups in total. The number of benzene rings is 1. The van der Waals surface area contributed by atoms with Gasteiger partial charge in [-0.1, -0.05) is 6.07 Å². The van der Waals surface area contributed by atoms with Crippen LogP contribution in [0.15, 0.2) is 23.1 Å². The number of hydrogen-bond acceptors (Lipinski definition) is 4. The third-order valence-electron chi connectivity index (χ3n) is 4.25. The van der Waals surface area contributed by atoms with E-state index >= 15 is 0 Å². The second-order valence-corrected chi connectivity index (χ2v) is 8.07. The zero-order chi connectivity index (χ0) is 15.6. The van der Waals surface area contributed by atoms with E-state index in [1.54, 1.807) is 32.2 Å². The fourth-order valence-corrected chi connectivity index (χ4v) is 4.27. The maximum Gasteiger partial charge on any atom is 0.243 e. The van der Waals surface area contributed by atoms with Gasteiger partial charge in [0.05, 0.1) is 4.90 Å². The van der Waals surface area contributed by atoms with Gasteiger partial charge in [-0.3, -0.25) is 0 Å². The zero-order valence-corrected chi connectivity index (χ0v) is 13.9. The van der Waals surface area contributed by atoms with Crippen LogP contribution in [-0.4, -0.2) is 51.4 Å². The topological polar surface area (TPSA) is 66.6 Å². The third kappa shape index (κ3) is 3.75. The Kier molecular flexibility index (Phi) is 4.91. The number of hydrogen-bond donors (Lipinski definition) is 1. The molecule has 0 spiro atoms. The molecule has 0 bridgehead atoms. The summed E-state index contributed by atoms with van der Waals surface area (Å²) in [4.78, 5) is 2.60. The molecule has 1 fully saturated rings. The molecule has 0 aromatic heterocycles. The van der Waals surface area contributed by atoms with E-state index in [0.29, 0.717) is 23.0 Å². The fraction of sp³-hybridized carbons (Fsp3) is 0.600. The van der Waals surface area contributed by atoms with Gasteiger partial charge in [0.25, 0.3) is 0 Å². The highest BCUT2D eigenvalue weighted by Gasteiger charge is 2.26. The Morgan fingerprint density at radius 1 is 1.33 bits per heavy atom. The number of piperidine rings is 1. The lowest BCUT2D eigenvalue weighted by Gasteiger charge is -2.31. The Bertz CT molecular complexity index is 593. The lowest BCUT2D eigenvalue weighted by molar-refractivity contribution is 0.202. The monoisotopic (exact) mass is 311 g/mol. The van der Waals surface area contributed by atoms with Gasteiger partial charge in [-0.15, -0.1) is 0 Å². The van der Waals surface area contributed by atoms with Gasteiger partial charge in [0.2, 0.25) is 10.0 Å². The summed E-state index contributed by atoms with van der Waals surface area (Å²) >= 11 is 0. The molecular formula is C15H25N3O2S. The molecule has 1 heterocycles. The Balaban J connectivity index is 2.13. The van der Waals surface area contributed by atoms with Crippen LogP contribution in [0.3, 0.4) is 0 Å². The van der Waals surface area contributed by atoms with Gasteiger partial charge in [-0.2, -0.15) is 0 Å². The summed E-state index contributed by atoms with van der Waals surface area (Å²) in [5.41, 5.74) is 6.95. The molecule has 2 rings (SSSR count). The van der Waals surface area contributed by atoms with Gasteiger partial charge >= 0.3 is 0 Å². The van der Waals surface area contributed by atoms with Gasteiger partial charge in [-0.05, 0) is 63.5 Å². The number of likely N-dealkylation sites (tertiary alicyclic amines) is 1. The minimum absolute atomic E-state index is 0.318. The van der Waals surface area contributed by atoms with Crippen LogP contribution < -0.4 is 5.73 Å². The number of nitrogens with zero attached hydrogens (tertiary/aromatic N) is 2. The van der Waals surface area contributed by atoms with Gasteiger partial charge in [0.15, 0.2) is 0 Å². The van der Waals surface area contributed by atoms with Crippen molar-refractivity contribution in [2.75, 3.05) is 39.5 Å². The molecule has 21 heavy (non-hydrogen) atoms. The molecular weight excluding hydrogens is 286 g/mol. The highest BCUT2D eigenvalue weighted by Crippen LogP contribution is 2.24. The molecule has 0 unspecified atom stereocenters. The van der Waals surface area contributed by atoms with Crippen molar-refractivity contribution in [2.45, 2.75) is 24.7 Å². The summed E-state index contributed by atoms with van der Waals surface area (Å²) in [6.45, 7) is 4.45. The highest BCUT2D eigenvalue weighted by atomic mass is 32.2. The van der Waals surface area contributed by atoms with Crippen LogP contribution >= 0.6 is 0 Å². The minimum atomic E-state index is -3.47. The molecule has 1 aliphatic heterocycles. The Hall–Kier alpha value is -1.11. The first-order chi connectivity index (χ1) is 9.80. The van der Waals surface area contributed by atoms with Crippen LogP contribution in [0.4, 0.5) is 5.69 Å². The van der Waals surface area contributed by atoms with Gasteiger partial charge in [0.1, 0.15) is 0 Å². The van der Waals surface area contributed by atoms with Crippen molar-refractivity contribution in [1.29, 1.82) is 0 Å². The Morgan fingerprint density at radius 2 is 1.95 bits per heavy atom. The van der Waals surface area contributed by atoms with E-state index in [0.717, 1.165) is 31.5 Å². The predicted octanol–water partition coefficient (Wildman–Crippen LogP) is 1.54. The van der Waals surface area contributed by atoms with Gasteiger partial charge < -0.3 is 10.6 Å². The van der Waals surface area contributed by atoms with Crippen molar-refractivity contribution >= 4 is 15.7 Å². The summed E-state index contributed by atoms with van der Waals surface area (Å²) in [6, 6.07) is 5.03. The SMILES string of the molecule is Cc1ccc(N)cc1S(=O)(=O)N(C)CC1CCN(C)CC1. The van der Waals surface area contributed by atoms with Crippen molar-refractivity contribution < 1.29 is 8.42 Å². The second-order valence-electron chi connectivity index (χ2n) is 6.06. The maximum atomic E-state index is 12.7. The fourth-order valence-electron chi connectivity index (χ4n) is 2.77. The van der Waals surface area contributed by atoms with Crippen molar-refractivity contribution in [2.24, 2.45) is 5.92 Å². The lowest BCUT2D eigenvalue weighted by Crippen LogP contribution is -2.38. The van der Waals surface area contributed by atoms with Crippen molar-refractivity contribution in [3.8, 4) is 0 Å². The van der Waals surface area contributed by atoms with Gasteiger partial charge in [0, 0.05) is 19.3 Å². The smallest absolute Gasteiger partial charge is 0.243 e. The van der Waals surface area contributed by atoms with Crippen LogP contribution in [0, 0.1) is 12.8 Å². The van der Waals surface area contributed by atoms with Crippen LogP contribution in [-0.2, 0) is 10.0 Å². The largest absolute Gasteiger partial charge is 0.399 e. The Labute approximate surface area is 127 Å². The first-order valence-corrected chi connectivity index (χ1v) is 8.75. The highest BCUT2D eigenvalue weighted by molar-refractivity contribution is 7.89. The molecule has 1 aliphatic rings. The van der Waals surface area contributed by atoms with E-state index in [4.69, 9.17) is 5.73 Å². The van der Waals surface area contributed by atoms with Gasteiger partial charge in [-0.25, -0.2) is 12.7 Å². The summed E-state index contributed by atoms with van der Waals surface area (Å²) in [5.74, 6) is 0.433. The van der Waals surface area contributed by atoms with Crippen LogP contribution in [0.1, 0.15) is 18.4 Å². The number of rotatable bonds is 4. The average Bonchev–Trinajstić information content (AvgIpc) is 2.43. The number of nitrogen functional groups attached to an aromatic ring is 1. The number of sulfonamides is 1. The summed E-state index contributed by atoms with van der Waals surface area (Å²) < 4.78 is 26.9. The maximum absolute atomic E-state index is 12.7. The first-order valence-electron chi connectivity index (χ1n) is 7.31. The quantitative estimate of drug-likeness (QED) is 0.857. The molecule has 5 nitrogen and oxygen atoms in total. The van der Waals surface area contributed by atoms with E-state index in [-0.39, 0.29) is 0 Å². The molecule has 1 aromatic rings. The molecule has 6 heteroatoms. The van der Waals surface area contributed by atoms with E-state index in [2.05, 4.69) is 11.9 Å². The normalized spacial score (nSPS) is 18.3. The summed E-state index contributed by atoms with van der Waals surface area (Å²) in [7, 11) is 0.302. The predicted molar refractivity (Wildman–Crippen MR) is 85.6 cm³/mol. The van der Waals surface area contributed by atoms with Crippen molar-refractivity contribution in [3.63, 3.8) is 0 Å². The molecule has 1 aromatic carbocycles. The van der Waals surface area contributed by atoms with Crippen LogP contribution in [0.2, 0.25) is 0 Å². The standard InChI is InChI=1S/C15H25N3O2S/c1-12-4-5-14(16)10-15(12)21(19,20)18(3)11-13-6-8-17(2)9-7-13/h4-5,10,13H,6-9,11,16H2,1-3H3. The zero-order valence-electron chi connectivity index (χ0n) is 13.0. The van der Waals surface area contributed by atoms with E-state index < -0.39 is 10.0 Å². The Morgan fingerprint density at radius 3 is 2.57 bits per heavy atom. The van der Waals surface area contributed by atoms with E-state index in [1.807, 2.05) is 0 Å². The molecule has 0 saturated carbocycles. The summed E-state index contributed by atoms with van der Waals surface area (Å²) in [5, 5.41) is 0. The second kappa shape index (κ2) is 6.34. The van der Waals surface area contributed by atoms with E-state index in [9.17, 15) is 8.42 Å². The van der Waals surface area contributed by atoms with Crippen LogP contribution in [0.25, 0.3) is 0 Å². The first kappa shape index (κ1) is 16.3. The number of nitrogens with two attached hydrogens (primary N) is 1. The molecule has 0 aliphatic carbocycles. The number of anilines is 1. The molecule has 1 saturated heterocycles. The lowest BCUT2D eigenvalue weighted by atomic mass is 9.97. The summed E-state index contributed by atoms with van der Waals surface area (Å²) in [6.07, 6.45) is 2.10. The molecule has 0 amide bonds. The van der Waals surface area contributed by atoms with E-state index in [1.165, 1.54) is 4.31 Å². The number of aryl methyl sites for hydroxylation is 1.